The quantitative estimate of drug-likeness (QED) is 0.630. The first-order chi connectivity index (χ1) is 12.8. The highest BCUT2D eigenvalue weighted by Gasteiger charge is 2.24. The molecule has 1 aromatic heterocycles. The molecule has 0 aliphatic rings. The summed E-state index contributed by atoms with van der Waals surface area (Å²) in [6.45, 7) is 3.90. The average Bonchev–Trinajstić information content (AvgIpc) is 3.08. The van der Waals surface area contributed by atoms with Gasteiger partial charge in [0.25, 0.3) is 0 Å². The number of ether oxygens (including phenoxy) is 2. The zero-order chi connectivity index (χ0) is 19.8. The second kappa shape index (κ2) is 7.25. The van der Waals surface area contributed by atoms with Gasteiger partial charge in [0.2, 0.25) is 0 Å². The van der Waals surface area contributed by atoms with Crippen molar-refractivity contribution < 1.29 is 19.4 Å². The summed E-state index contributed by atoms with van der Waals surface area (Å²) in [7, 11) is 2.95. The smallest absolute Gasteiger partial charge is 0.340 e. The van der Waals surface area contributed by atoms with E-state index in [0.717, 1.165) is 27.6 Å². The van der Waals surface area contributed by atoms with Crippen LogP contribution in [-0.2, 0) is 10.2 Å². The molecule has 0 unspecified atom stereocenters. The standard InChI is InChI=1S/C21H22ClNO4/c1-21(2,11-24)16-6-5-12(7-19(16)26-3)13-8-14-15(20(25)27-4)10-23-18(14)9-17(13)22/h5-10,23-24H,11H2,1-4H3. The van der Waals surface area contributed by atoms with E-state index in [1.807, 2.05) is 38.1 Å². The van der Waals surface area contributed by atoms with Crippen LogP contribution in [0, 0.1) is 0 Å². The zero-order valence-corrected chi connectivity index (χ0v) is 16.5. The van der Waals surface area contributed by atoms with Crippen molar-refractivity contribution in [2.75, 3.05) is 20.8 Å². The van der Waals surface area contributed by atoms with Crippen molar-refractivity contribution in [3.05, 3.63) is 52.7 Å². The Hall–Kier alpha value is -2.50. The predicted octanol–water partition coefficient (Wildman–Crippen LogP) is 4.55. The van der Waals surface area contributed by atoms with Gasteiger partial charge in [0.1, 0.15) is 5.75 Å². The van der Waals surface area contributed by atoms with Crippen molar-refractivity contribution in [1.29, 1.82) is 0 Å². The van der Waals surface area contributed by atoms with Gasteiger partial charge in [0.15, 0.2) is 0 Å². The first kappa shape index (κ1) is 19.3. The number of hydrogen-bond donors (Lipinski definition) is 2. The van der Waals surface area contributed by atoms with Crippen LogP contribution in [0.1, 0.15) is 29.8 Å². The van der Waals surface area contributed by atoms with Gasteiger partial charge in [-0.15, -0.1) is 0 Å². The molecule has 2 aromatic carbocycles. The number of methoxy groups -OCH3 is 2. The summed E-state index contributed by atoms with van der Waals surface area (Å²) < 4.78 is 10.4. The van der Waals surface area contributed by atoms with E-state index >= 15 is 0 Å². The maximum Gasteiger partial charge on any atom is 0.340 e. The van der Waals surface area contributed by atoms with Gasteiger partial charge in [-0.2, -0.15) is 0 Å². The summed E-state index contributed by atoms with van der Waals surface area (Å²) in [4.78, 5) is 15.0. The first-order valence-corrected chi connectivity index (χ1v) is 8.89. The number of carbonyl (C=O) groups excluding carboxylic acids is 1. The molecular weight excluding hydrogens is 366 g/mol. The maximum atomic E-state index is 12.0. The van der Waals surface area contributed by atoms with Crippen molar-refractivity contribution in [2.45, 2.75) is 19.3 Å². The summed E-state index contributed by atoms with van der Waals surface area (Å²) in [6, 6.07) is 9.42. The Morgan fingerprint density at radius 1 is 1.22 bits per heavy atom. The van der Waals surface area contributed by atoms with Crippen LogP contribution < -0.4 is 4.74 Å². The Labute approximate surface area is 162 Å². The lowest BCUT2D eigenvalue weighted by atomic mass is 9.84. The van der Waals surface area contributed by atoms with Crippen LogP contribution in [-0.4, -0.2) is 36.9 Å². The third kappa shape index (κ3) is 3.40. The normalized spacial score (nSPS) is 11.6. The molecule has 0 spiro atoms. The highest BCUT2D eigenvalue weighted by molar-refractivity contribution is 6.34. The fraction of sp³-hybridized carbons (Fsp3) is 0.286. The van der Waals surface area contributed by atoms with Crippen LogP contribution in [0.2, 0.25) is 5.02 Å². The summed E-state index contributed by atoms with van der Waals surface area (Å²) in [6.07, 6.45) is 1.62. The van der Waals surface area contributed by atoms with E-state index in [-0.39, 0.29) is 6.61 Å². The zero-order valence-electron chi connectivity index (χ0n) is 15.7. The van der Waals surface area contributed by atoms with Crippen LogP contribution in [0.25, 0.3) is 22.0 Å². The number of hydrogen-bond acceptors (Lipinski definition) is 4. The molecular formula is C21H22ClNO4. The topological polar surface area (TPSA) is 71.6 Å². The summed E-state index contributed by atoms with van der Waals surface area (Å²) >= 11 is 6.50. The Kier molecular flexibility index (Phi) is 5.18. The fourth-order valence-corrected chi connectivity index (χ4v) is 3.42. The monoisotopic (exact) mass is 387 g/mol. The van der Waals surface area contributed by atoms with Crippen LogP contribution in [0.15, 0.2) is 36.5 Å². The van der Waals surface area contributed by atoms with Crippen molar-refractivity contribution in [2.24, 2.45) is 0 Å². The molecule has 5 nitrogen and oxygen atoms in total. The lowest BCUT2D eigenvalue weighted by Crippen LogP contribution is -2.22. The number of esters is 1. The van der Waals surface area contributed by atoms with Gasteiger partial charge in [-0.25, -0.2) is 4.79 Å². The Morgan fingerprint density at radius 2 is 1.96 bits per heavy atom. The third-order valence-corrected chi connectivity index (χ3v) is 5.12. The van der Waals surface area contributed by atoms with E-state index in [1.54, 1.807) is 19.4 Å². The molecule has 3 rings (SSSR count). The number of carbonyl (C=O) groups is 1. The van der Waals surface area contributed by atoms with Gasteiger partial charge in [0, 0.05) is 33.6 Å². The lowest BCUT2D eigenvalue weighted by molar-refractivity contribution is 0.0603. The Balaban J connectivity index is 2.17. The second-order valence-electron chi connectivity index (χ2n) is 7.03. The predicted molar refractivity (Wildman–Crippen MR) is 107 cm³/mol. The molecule has 3 aromatic rings. The molecule has 0 radical (unpaired) electrons. The first-order valence-electron chi connectivity index (χ1n) is 8.51. The second-order valence-corrected chi connectivity index (χ2v) is 7.44. The van der Waals surface area contributed by atoms with Crippen molar-refractivity contribution in [3.8, 4) is 16.9 Å². The van der Waals surface area contributed by atoms with Crippen LogP contribution in [0.5, 0.6) is 5.75 Å². The minimum atomic E-state index is -0.434. The number of aromatic amines is 1. The Morgan fingerprint density at radius 3 is 2.59 bits per heavy atom. The fourth-order valence-electron chi connectivity index (χ4n) is 3.15. The number of aliphatic hydroxyl groups is 1. The molecule has 27 heavy (non-hydrogen) atoms. The number of fused-ring (bicyclic) bond motifs is 1. The number of halogens is 1. The summed E-state index contributed by atoms with van der Waals surface area (Å²) in [5.41, 5.74) is 3.32. The minimum absolute atomic E-state index is 0.00125. The SMILES string of the molecule is COC(=O)c1c[nH]c2cc(Cl)c(-c3ccc(C(C)(C)CO)c(OC)c3)cc12. The van der Waals surface area contributed by atoms with Crippen LogP contribution >= 0.6 is 11.6 Å². The average molecular weight is 388 g/mol. The van der Waals surface area contributed by atoms with Gasteiger partial charge >= 0.3 is 5.97 Å². The van der Waals surface area contributed by atoms with E-state index in [9.17, 15) is 9.90 Å². The minimum Gasteiger partial charge on any atom is -0.496 e. The molecule has 0 fully saturated rings. The summed E-state index contributed by atoms with van der Waals surface area (Å²) in [5.74, 6) is 0.261. The molecule has 0 aliphatic carbocycles. The van der Waals surface area contributed by atoms with Crippen molar-refractivity contribution in [1.82, 2.24) is 4.98 Å². The van der Waals surface area contributed by atoms with Gasteiger partial charge in [-0.1, -0.05) is 37.6 Å². The molecule has 0 saturated heterocycles. The number of H-pyrrole nitrogens is 1. The molecule has 0 saturated carbocycles. The number of nitrogens with one attached hydrogen (secondary N) is 1. The summed E-state index contributed by atoms with van der Waals surface area (Å²) in [5, 5.41) is 11.0. The van der Waals surface area contributed by atoms with Gasteiger partial charge in [-0.05, 0) is 23.8 Å². The van der Waals surface area contributed by atoms with Crippen molar-refractivity contribution in [3.63, 3.8) is 0 Å². The van der Waals surface area contributed by atoms with E-state index in [1.165, 1.54) is 7.11 Å². The van der Waals surface area contributed by atoms with Crippen LogP contribution in [0.4, 0.5) is 0 Å². The number of rotatable bonds is 5. The molecule has 0 atom stereocenters. The highest BCUT2D eigenvalue weighted by Crippen LogP contribution is 2.38. The molecule has 0 amide bonds. The largest absolute Gasteiger partial charge is 0.496 e. The van der Waals surface area contributed by atoms with E-state index in [4.69, 9.17) is 21.1 Å². The van der Waals surface area contributed by atoms with Crippen LogP contribution in [0.3, 0.4) is 0 Å². The molecule has 0 aliphatic heterocycles. The molecule has 6 heteroatoms. The molecule has 2 N–H and O–H groups in total. The molecule has 142 valence electrons. The number of aromatic nitrogens is 1. The molecule has 1 heterocycles. The number of benzene rings is 2. The van der Waals surface area contributed by atoms with Crippen molar-refractivity contribution >= 4 is 28.5 Å². The molecule has 0 bridgehead atoms. The van der Waals surface area contributed by atoms with Gasteiger partial charge in [0.05, 0.1) is 31.4 Å². The number of aliphatic hydroxyl groups excluding tert-OH is 1. The van der Waals surface area contributed by atoms with Gasteiger partial charge in [-0.3, -0.25) is 0 Å². The van der Waals surface area contributed by atoms with Gasteiger partial charge < -0.3 is 19.6 Å². The van der Waals surface area contributed by atoms with E-state index in [2.05, 4.69) is 4.98 Å². The maximum absolute atomic E-state index is 12.0. The third-order valence-electron chi connectivity index (χ3n) is 4.81. The van der Waals surface area contributed by atoms with E-state index in [0.29, 0.717) is 16.3 Å². The Bertz CT molecular complexity index is 1010. The lowest BCUT2D eigenvalue weighted by Gasteiger charge is -2.25. The van der Waals surface area contributed by atoms with E-state index < -0.39 is 11.4 Å². The highest BCUT2D eigenvalue weighted by atomic mass is 35.5.